The largest absolute Gasteiger partial charge is 0.356 e. The summed E-state index contributed by atoms with van der Waals surface area (Å²) < 4.78 is 0. The van der Waals surface area contributed by atoms with Crippen LogP contribution in [-0.2, 0) is 16.1 Å². The fraction of sp³-hybridized carbons (Fsp3) is 0.714. The van der Waals surface area contributed by atoms with E-state index in [0.717, 1.165) is 68.9 Å². The molecule has 1 spiro atoms. The van der Waals surface area contributed by atoms with Crippen LogP contribution < -0.4 is 10.6 Å². The molecule has 1 aromatic heterocycles. The van der Waals surface area contributed by atoms with E-state index >= 15 is 0 Å². The molecule has 9 heteroatoms. The highest BCUT2D eigenvalue weighted by atomic mass is 32.1. The van der Waals surface area contributed by atoms with Crippen LogP contribution in [0.5, 0.6) is 0 Å². The van der Waals surface area contributed by atoms with Crippen LogP contribution in [0, 0.1) is 12.8 Å². The summed E-state index contributed by atoms with van der Waals surface area (Å²) in [7, 11) is 0. The van der Waals surface area contributed by atoms with E-state index in [1.54, 1.807) is 11.3 Å². The van der Waals surface area contributed by atoms with Crippen molar-refractivity contribution in [2.24, 2.45) is 5.92 Å². The fourth-order valence-electron chi connectivity index (χ4n) is 4.85. The third-order valence-corrected chi connectivity index (χ3v) is 7.39. The van der Waals surface area contributed by atoms with Crippen LogP contribution in [0.3, 0.4) is 0 Å². The zero-order chi connectivity index (χ0) is 21.1. The average Bonchev–Trinajstić information content (AvgIpc) is 3.42. The Balaban J connectivity index is 1.14. The molecule has 0 unspecified atom stereocenters. The number of carbonyl (C=O) groups excluding carboxylic acids is 3. The van der Waals surface area contributed by atoms with Crippen molar-refractivity contribution < 1.29 is 14.4 Å². The highest BCUT2D eigenvalue weighted by molar-refractivity contribution is 7.09. The highest BCUT2D eigenvalue weighted by Gasteiger charge is 2.52. The molecule has 0 atom stereocenters. The smallest absolute Gasteiger partial charge is 0.325 e. The van der Waals surface area contributed by atoms with E-state index < -0.39 is 5.54 Å². The Morgan fingerprint density at radius 2 is 2.03 bits per heavy atom. The van der Waals surface area contributed by atoms with Crippen molar-refractivity contribution in [3.63, 3.8) is 0 Å². The van der Waals surface area contributed by atoms with Gasteiger partial charge in [-0.25, -0.2) is 9.78 Å². The van der Waals surface area contributed by atoms with Gasteiger partial charge in [0.05, 0.1) is 10.7 Å². The molecule has 1 saturated carbocycles. The number of imide groups is 1. The molecule has 2 saturated heterocycles. The lowest BCUT2D eigenvalue weighted by atomic mass is 9.96. The summed E-state index contributed by atoms with van der Waals surface area (Å²) in [5.41, 5.74) is 0.464. The van der Waals surface area contributed by atoms with Crippen molar-refractivity contribution in [1.82, 2.24) is 25.4 Å². The van der Waals surface area contributed by atoms with Gasteiger partial charge >= 0.3 is 6.03 Å². The maximum Gasteiger partial charge on any atom is 0.325 e. The zero-order valence-electron chi connectivity index (χ0n) is 17.6. The fourth-order valence-corrected chi connectivity index (χ4v) is 5.46. The molecule has 8 nitrogen and oxygen atoms in total. The normalized spacial score (nSPS) is 22.1. The molecule has 2 N–H and O–H groups in total. The van der Waals surface area contributed by atoms with Crippen molar-refractivity contribution in [2.75, 3.05) is 26.2 Å². The number of hydrogen-bond donors (Lipinski definition) is 2. The molecule has 1 aliphatic carbocycles. The summed E-state index contributed by atoms with van der Waals surface area (Å²) in [5, 5.41) is 9.09. The Morgan fingerprint density at radius 3 is 2.70 bits per heavy atom. The molecule has 1 aromatic rings. The van der Waals surface area contributed by atoms with Gasteiger partial charge in [0.2, 0.25) is 5.91 Å². The second-order valence-electron chi connectivity index (χ2n) is 8.73. The van der Waals surface area contributed by atoms with Gasteiger partial charge in [-0.15, -0.1) is 11.3 Å². The number of thiazole rings is 1. The summed E-state index contributed by atoms with van der Waals surface area (Å²) >= 11 is 1.67. The third kappa shape index (κ3) is 4.51. The molecule has 0 aromatic carbocycles. The van der Waals surface area contributed by atoms with E-state index in [9.17, 15) is 14.4 Å². The van der Waals surface area contributed by atoms with Crippen molar-refractivity contribution in [1.29, 1.82) is 0 Å². The topological polar surface area (TPSA) is 94.6 Å². The number of likely N-dealkylation sites (tertiary alicyclic amines) is 1. The molecule has 0 radical (unpaired) electrons. The van der Waals surface area contributed by atoms with Crippen LogP contribution in [0.15, 0.2) is 5.38 Å². The van der Waals surface area contributed by atoms with E-state index in [1.807, 2.05) is 6.92 Å². The number of carbonyl (C=O) groups is 3. The maximum atomic E-state index is 12.6. The first kappa shape index (κ1) is 21.2. The minimum atomic E-state index is -0.647. The minimum Gasteiger partial charge on any atom is -0.356 e. The number of aryl methyl sites for hydroxylation is 1. The number of nitrogens with one attached hydrogen (secondary N) is 2. The summed E-state index contributed by atoms with van der Waals surface area (Å²) in [6, 6.07) is -0.282. The van der Waals surface area contributed by atoms with Crippen LogP contribution in [0.1, 0.15) is 55.6 Å². The molecule has 2 aliphatic heterocycles. The van der Waals surface area contributed by atoms with Crippen LogP contribution in [0.25, 0.3) is 0 Å². The summed E-state index contributed by atoms with van der Waals surface area (Å²) in [6.07, 6.45) is 5.74. The quantitative estimate of drug-likeness (QED) is 0.507. The Kier molecular flexibility index (Phi) is 6.38. The SMILES string of the molecule is Cc1nc(CN2CCC(C(=O)NCCCN3C(=O)NC4(CCCC4)C3=O)CC2)cs1. The molecule has 4 rings (SSSR count). The molecule has 0 bridgehead atoms. The standard InChI is InChI=1S/C21H31N5O3S/c1-15-23-17(14-30-15)13-25-11-5-16(6-12-25)18(27)22-9-4-10-26-19(28)21(24-20(26)29)7-2-3-8-21/h14,16H,2-13H2,1H3,(H,22,27)(H,24,29). The number of rotatable bonds is 7. The number of urea groups is 1. The van der Waals surface area contributed by atoms with E-state index in [1.165, 1.54) is 4.90 Å². The lowest BCUT2D eigenvalue weighted by Crippen LogP contribution is -2.44. The second-order valence-corrected chi connectivity index (χ2v) is 9.79. The lowest BCUT2D eigenvalue weighted by Gasteiger charge is -2.30. The first-order valence-electron chi connectivity index (χ1n) is 11.0. The average molecular weight is 434 g/mol. The Morgan fingerprint density at radius 1 is 1.30 bits per heavy atom. The van der Waals surface area contributed by atoms with Crippen LogP contribution >= 0.6 is 11.3 Å². The molecule has 164 valence electrons. The number of amides is 4. The van der Waals surface area contributed by atoms with Gasteiger partial charge < -0.3 is 10.6 Å². The van der Waals surface area contributed by atoms with Crippen molar-refractivity contribution in [3.05, 3.63) is 16.1 Å². The van der Waals surface area contributed by atoms with Crippen molar-refractivity contribution in [2.45, 2.75) is 64.0 Å². The minimum absolute atomic E-state index is 0.0388. The monoisotopic (exact) mass is 433 g/mol. The van der Waals surface area contributed by atoms with Gasteiger partial charge in [0.1, 0.15) is 5.54 Å². The molecule has 3 heterocycles. The molecular weight excluding hydrogens is 402 g/mol. The van der Waals surface area contributed by atoms with Crippen molar-refractivity contribution >= 4 is 29.2 Å². The predicted molar refractivity (Wildman–Crippen MR) is 114 cm³/mol. The van der Waals surface area contributed by atoms with E-state index in [-0.39, 0.29) is 23.8 Å². The van der Waals surface area contributed by atoms with Crippen LogP contribution in [0.4, 0.5) is 4.79 Å². The number of nitrogens with zero attached hydrogens (tertiary/aromatic N) is 3. The Labute approximate surface area is 181 Å². The van der Waals surface area contributed by atoms with E-state index in [4.69, 9.17) is 0 Å². The Hall–Kier alpha value is -2.00. The summed E-state index contributed by atoms with van der Waals surface area (Å²) in [5.74, 6) is 0.0412. The highest BCUT2D eigenvalue weighted by Crippen LogP contribution is 2.35. The van der Waals surface area contributed by atoms with Gasteiger partial charge in [-0.3, -0.25) is 19.4 Å². The first-order valence-corrected chi connectivity index (χ1v) is 11.9. The number of hydrogen-bond acceptors (Lipinski definition) is 6. The molecule has 30 heavy (non-hydrogen) atoms. The molecule has 3 fully saturated rings. The molecule has 3 aliphatic rings. The van der Waals surface area contributed by atoms with Gasteiger partial charge in [0.25, 0.3) is 5.91 Å². The summed E-state index contributed by atoms with van der Waals surface area (Å²) in [4.78, 5) is 45.5. The van der Waals surface area contributed by atoms with Crippen LogP contribution in [-0.4, -0.2) is 64.3 Å². The van der Waals surface area contributed by atoms with Crippen molar-refractivity contribution in [3.8, 4) is 0 Å². The third-order valence-electron chi connectivity index (χ3n) is 6.57. The van der Waals surface area contributed by atoms with E-state index in [0.29, 0.717) is 19.5 Å². The Bertz CT molecular complexity index is 796. The van der Waals surface area contributed by atoms with E-state index in [2.05, 4.69) is 25.9 Å². The maximum absolute atomic E-state index is 12.6. The number of aromatic nitrogens is 1. The van der Waals surface area contributed by atoms with Gasteiger partial charge in [-0.1, -0.05) is 12.8 Å². The van der Waals surface area contributed by atoms with Gasteiger partial charge in [-0.05, 0) is 52.1 Å². The molecular formula is C21H31N5O3S. The summed E-state index contributed by atoms with van der Waals surface area (Å²) in [6.45, 7) is 5.52. The van der Waals surface area contributed by atoms with Gasteiger partial charge in [0.15, 0.2) is 0 Å². The van der Waals surface area contributed by atoms with Gasteiger partial charge in [-0.2, -0.15) is 0 Å². The predicted octanol–water partition coefficient (Wildman–Crippen LogP) is 2.03. The lowest BCUT2D eigenvalue weighted by molar-refractivity contribution is -0.131. The second kappa shape index (κ2) is 9.01. The zero-order valence-corrected chi connectivity index (χ0v) is 18.4. The van der Waals surface area contributed by atoms with Crippen LogP contribution in [0.2, 0.25) is 0 Å². The van der Waals surface area contributed by atoms with Gasteiger partial charge in [0, 0.05) is 30.9 Å². The number of piperidine rings is 1. The first-order chi connectivity index (χ1) is 14.5. The molecule has 4 amide bonds.